The van der Waals surface area contributed by atoms with Gasteiger partial charge in [0.15, 0.2) is 0 Å². The number of benzene rings is 2. The number of rotatable bonds is 8. The van der Waals surface area contributed by atoms with Crippen LogP contribution in [0.1, 0.15) is 55.7 Å². The molecule has 3 aromatic rings. The first-order chi connectivity index (χ1) is 14.1. The number of aromatic nitrogens is 1. The zero-order valence-corrected chi connectivity index (χ0v) is 16.3. The topological polar surface area (TPSA) is 50.2 Å². The highest BCUT2D eigenvalue weighted by Gasteiger charge is 2.29. The standard InChI is InChI=1S/C25H24FNO2/c26-19-15-13-17(14-16-19)24-20-7-5-6-9-22(20)27-25(18-11-12-18)21(24)8-3-1-2-4-10-23(28)29/h3,5-9,13-16,18H,1-2,4,10-12H2,(H,28,29). The average Bonchev–Trinajstić information content (AvgIpc) is 3.55. The largest absolute Gasteiger partial charge is 0.481 e. The maximum absolute atomic E-state index is 13.5. The van der Waals surface area contributed by atoms with Crippen molar-refractivity contribution in [1.82, 2.24) is 4.98 Å². The molecule has 0 spiro atoms. The molecule has 4 rings (SSSR count). The van der Waals surface area contributed by atoms with Gasteiger partial charge < -0.3 is 5.11 Å². The minimum absolute atomic E-state index is 0.208. The van der Waals surface area contributed by atoms with Gasteiger partial charge in [-0.2, -0.15) is 0 Å². The Morgan fingerprint density at radius 2 is 1.86 bits per heavy atom. The normalized spacial score (nSPS) is 14.0. The van der Waals surface area contributed by atoms with Crippen LogP contribution >= 0.6 is 0 Å². The monoisotopic (exact) mass is 389 g/mol. The van der Waals surface area contributed by atoms with Crippen LogP contribution in [0.25, 0.3) is 28.1 Å². The van der Waals surface area contributed by atoms with E-state index in [0.717, 1.165) is 59.0 Å². The van der Waals surface area contributed by atoms with Crippen LogP contribution in [0, 0.1) is 5.82 Å². The summed E-state index contributed by atoms with van der Waals surface area (Å²) in [6, 6.07) is 14.8. The van der Waals surface area contributed by atoms with Gasteiger partial charge in [0.25, 0.3) is 0 Å². The Morgan fingerprint density at radius 3 is 2.59 bits per heavy atom. The summed E-state index contributed by atoms with van der Waals surface area (Å²) in [7, 11) is 0. The van der Waals surface area contributed by atoms with Crippen LogP contribution in [0.3, 0.4) is 0 Å². The second-order valence-corrected chi connectivity index (χ2v) is 7.63. The number of hydrogen-bond donors (Lipinski definition) is 1. The van der Waals surface area contributed by atoms with Crippen molar-refractivity contribution in [2.45, 2.75) is 44.4 Å². The lowest BCUT2D eigenvalue weighted by atomic mass is 9.92. The third kappa shape index (κ3) is 4.53. The van der Waals surface area contributed by atoms with E-state index in [0.29, 0.717) is 12.3 Å². The maximum Gasteiger partial charge on any atom is 0.303 e. The molecule has 0 unspecified atom stereocenters. The molecular weight excluding hydrogens is 365 g/mol. The number of halogens is 1. The fourth-order valence-corrected chi connectivity index (χ4v) is 3.75. The molecule has 1 N–H and O–H groups in total. The fourth-order valence-electron chi connectivity index (χ4n) is 3.75. The molecule has 0 radical (unpaired) electrons. The second-order valence-electron chi connectivity index (χ2n) is 7.63. The van der Waals surface area contributed by atoms with Gasteiger partial charge in [0.05, 0.1) is 11.2 Å². The Labute approximate surface area is 169 Å². The molecule has 0 atom stereocenters. The van der Waals surface area contributed by atoms with E-state index in [1.807, 2.05) is 30.3 Å². The summed E-state index contributed by atoms with van der Waals surface area (Å²) >= 11 is 0. The van der Waals surface area contributed by atoms with Gasteiger partial charge in [-0.15, -0.1) is 0 Å². The van der Waals surface area contributed by atoms with E-state index in [9.17, 15) is 9.18 Å². The molecular formula is C25H24FNO2. The predicted molar refractivity (Wildman–Crippen MR) is 114 cm³/mol. The lowest BCUT2D eigenvalue weighted by Crippen LogP contribution is -1.98. The van der Waals surface area contributed by atoms with Gasteiger partial charge in [-0.25, -0.2) is 4.39 Å². The summed E-state index contributed by atoms with van der Waals surface area (Å²) in [5, 5.41) is 9.85. The van der Waals surface area contributed by atoms with Crippen molar-refractivity contribution >= 4 is 22.9 Å². The van der Waals surface area contributed by atoms with Crippen LogP contribution in [-0.2, 0) is 4.79 Å². The third-order valence-electron chi connectivity index (χ3n) is 5.35. The number of hydrogen-bond acceptors (Lipinski definition) is 2. The minimum atomic E-state index is -0.748. The van der Waals surface area contributed by atoms with E-state index < -0.39 is 5.97 Å². The van der Waals surface area contributed by atoms with Crippen molar-refractivity contribution in [2.24, 2.45) is 0 Å². The molecule has 1 aliphatic carbocycles. The Kier molecular flexibility index (Phi) is 5.70. The molecule has 1 saturated carbocycles. The van der Waals surface area contributed by atoms with Crippen molar-refractivity contribution in [2.75, 3.05) is 0 Å². The zero-order valence-electron chi connectivity index (χ0n) is 16.3. The summed E-state index contributed by atoms with van der Waals surface area (Å²) in [4.78, 5) is 15.7. The Balaban J connectivity index is 1.76. The van der Waals surface area contributed by atoms with E-state index in [1.54, 1.807) is 0 Å². The quantitative estimate of drug-likeness (QED) is 0.443. The predicted octanol–water partition coefficient (Wildman–Crippen LogP) is 6.58. The van der Waals surface area contributed by atoms with Crippen molar-refractivity contribution in [3.05, 3.63) is 71.7 Å². The van der Waals surface area contributed by atoms with Gasteiger partial charge in [0.2, 0.25) is 0 Å². The molecule has 1 fully saturated rings. The summed E-state index contributed by atoms with van der Waals surface area (Å²) in [6.45, 7) is 0. The second kappa shape index (κ2) is 8.56. The van der Waals surface area contributed by atoms with E-state index >= 15 is 0 Å². The number of nitrogens with zero attached hydrogens (tertiary/aromatic N) is 1. The molecule has 0 amide bonds. The van der Waals surface area contributed by atoms with Crippen molar-refractivity contribution < 1.29 is 14.3 Å². The number of carboxylic acids is 1. The first-order valence-corrected chi connectivity index (χ1v) is 10.2. The van der Waals surface area contributed by atoms with Gasteiger partial charge in [-0.1, -0.05) is 42.5 Å². The molecule has 2 aromatic carbocycles. The van der Waals surface area contributed by atoms with Gasteiger partial charge in [-0.3, -0.25) is 9.78 Å². The molecule has 0 aliphatic heterocycles. The Hall–Kier alpha value is -3.01. The number of pyridine rings is 1. The highest BCUT2D eigenvalue weighted by molar-refractivity contribution is 5.99. The summed E-state index contributed by atoms with van der Waals surface area (Å²) in [5.41, 5.74) is 5.27. The fraction of sp³-hybridized carbons (Fsp3) is 0.280. The number of unbranched alkanes of at least 4 members (excludes halogenated alkanes) is 2. The maximum atomic E-state index is 13.5. The van der Waals surface area contributed by atoms with Gasteiger partial charge >= 0.3 is 5.97 Å². The van der Waals surface area contributed by atoms with E-state index in [-0.39, 0.29) is 12.2 Å². The third-order valence-corrected chi connectivity index (χ3v) is 5.35. The summed E-state index contributed by atoms with van der Waals surface area (Å²) < 4.78 is 13.5. The number of allylic oxidation sites excluding steroid dienone is 1. The summed E-state index contributed by atoms with van der Waals surface area (Å²) in [5.74, 6) is -0.516. The van der Waals surface area contributed by atoms with Gasteiger partial charge in [0.1, 0.15) is 5.82 Å². The number of carbonyl (C=O) groups is 1. The van der Waals surface area contributed by atoms with Crippen LogP contribution in [0.2, 0.25) is 0 Å². The van der Waals surface area contributed by atoms with E-state index in [2.05, 4.69) is 18.2 Å². The Morgan fingerprint density at radius 1 is 1.10 bits per heavy atom. The molecule has 4 heteroatoms. The lowest BCUT2D eigenvalue weighted by molar-refractivity contribution is -0.137. The first-order valence-electron chi connectivity index (χ1n) is 10.2. The molecule has 1 aliphatic rings. The number of carboxylic acid groups (broad SMARTS) is 1. The average molecular weight is 389 g/mol. The smallest absolute Gasteiger partial charge is 0.303 e. The Bertz CT molecular complexity index is 1050. The molecule has 0 saturated heterocycles. The van der Waals surface area contributed by atoms with Crippen LogP contribution in [0.5, 0.6) is 0 Å². The molecule has 29 heavy (non-hydrogen) atoms. The van der Waals surface area contributed by atoms with Crippen molar-refractivity contribution in [3.63, 3.8) is 0 Å². The number of fused-ring (bicyclic) bond motifs is 1. The van der Waals surface area contributed by atoms with E-state index in [4.69, 9.17) is 10.1 Å². The van der Waals surface area contributed by atoms with E-state index in [1.165, 1.54) is 12.1 Å². The van der Waals surface area contributed by atoms with Crippen LogP contribution in [0.4, 0.5) is 4.39 Å². The van der Waals surface area contributed by atoms with Crippen LogP contribution in [0.15, 0.2) is 54.6 Å². The highest BCUT2D eigenvalue weighted by Crippen LogP contribution is 2.45. The molecule has 3 nitrogen and oxygen atoms in total. The van der Waals surface area contributed by atoms with Crippen LogP contribution < -0.4 is 0 Å². The first kappa shape index (κ1) is 19.3. The summed E-state index contributed by atoms with van der Waals surface area (Å²) in [6.07, 6.45) is 9.09. The molecule has 1 heterocycles. The van der Waals surface area contributed by atoms with Crippen molar-refractivity contribution in [1.29, 1.82) is 0 Å². The lowest BCUT2D eigenvalue weighted by Gasteiger charge is -2.15. The number of para-hydroxylation sites is 1. The highest BCUT2D eigenvalue weighted by atomic mass is 19.1. The van der Waals surface area contributed by atoms with Gasteiger partial charge in [-0.05, 0) is 55.9 Å². The molecule has 0 bridgehead atoms. The van der Waals surface area contributed by atoms with Crippen molar-refractivity contribution in [3.8, 4) is 11.1 Å². The zero-order chi connectivity index (χ0) is 20.2. The van der Waals surface area contributed by atoms with Gasteiger partial charge in [0, 0.05) is 28.9 Å². The molecule has 1 aromatic heterocycles. The SMILES string of the molecule is O=C(O)CCCCC=Cc1c(C2CC2)nc2ccccc2c1-c1ccc(F)cc1. The number of aliphatic carboxylic acids is 1. The minimum Gasteiger partial charge on any atom is -0.481 e. The van der Waals surface area contributed by atoms with Crippen LogP contribution in [-0.4, -0.2) is 16.1 Å². The molecule has 148 valence electrons.